The van der Waals surface area contributed by atoms with E-state index in [1.807, 2.05) is 54.6 Å². The zero-order valence-corrected chi connectivity index (χ0v) is 12.4. The highest BCUT2D eigenvalue weighted by Gasteiger charge is 2.16. The van der Waals surface area contributed by atoms with Gasteiger partial charge in [-0.25, -0.2) is 0 Å². The molecule has 3 rings (SSSR count). The minimum atomic E-state index is -0.257. The lowest BCUT2D eigenvalue weighted by atomic mass is 10.1. The number of ether oxygens (including phenoxy) is 1. The molecule has 0 aliphatic heterocycles. The quantitative estimate of drug-likeness (QED) is 0.803. The van der Waals surface area contributed by atoms with E-state index in [1.54, 1.807) is 7.11 Å². The van der Waals surface area contributed by atoms with Crippen molar-refractivity contribution >= 4 is 11.3 Å². The molecule has 1 atom stereocenters. The van der Waals surface area contributed by atoms with Crippen molar-refractivity contribution in [3.05, 3.63) is 65.2 Å². The summed E-state index contributed by atoms with van der Waals surface area (Å²) < 4.78 is 5.36. The molecular weight excluding hydrogens is 282 g/mol. The molecule has 5 heteroatoms. The average molecular weight is 297 g/mol. The Bertz CT molecular complexity index is 727. The van der Waals surface area contributed by atoms with Crippen molar-refractivity contribution < 1.29 is 4.74 Å². The smallest absolute Gasteiger partial charge is 0.151 e. The van der Waals surface area contributed by atoms with Gasteiger partial charge in [-0.1, -0.05) is 53.8 Å². The van der Waals surface area contributed by atoms with Crippen molar-refractivity contribution in [2.24, 2.45) is 5.73 Å². The topological polar surface area (TPSA) is 61.0 Å². The van der Waals surface area contributed by atoms with Gasteiger partial charge in [0.1, 0.15) is 10.8 Å². The van der Waals surface area contributed by atoms with Gasteiger partial charge < -0.3 is 10.5 Å². The van der Waals surface area contributed by atoms with E-state index in [0.29, 0.717) is 0 Å². The number of hydrogen-bond acceptors (Lipinski definition) is 5. The summed E-state index contributed by atoms with van der Waals surface area (Å²) in [7, 11) is 1.65. The van der Waals surface area contributed by atoms with Crippen molar-refractivity contribution in [3.8, 4) is 16.3 Å². The molecule has 0 spiro atoms. The largest absolute Gasteiger partial charge is 0.496 e. The summed E-state index contributed by atoms with van der Waals surface area (Å²) in [6.45, 7) is 0. The van der Waals surface area contributed by atoms with Crippen molar-refractivity contribution in [1.29, 1.82) is 0 Å². The minimum absolute atomic E-state index is 0.257. The highest BCUT2D eigenvalue weighted by molar-refractivity contribution is 7.14. The summed E-state index contributed by atoms with van der Waals surface area (Å²) in [5.74, 6) is 0.786. The molecule has 0 aliphatic carbocycles. The number of benzene rings is 2. The molecule has 1 aromatic heterocycles. The molecule has 21 heavy (non-hydrogen) atoms. The van der Waals surface area contributed by atoms with Crippen LogP contribution in [0.3, 0.4) is 0 Å². The highest BCUT2D eigenvalue weighted by atomic mass is 32.1. The number of nitrogens with two attached hydrogens (primary N) is 1. The Morgan fingerprint density at radius 2 is 1.71 bits per heavy atom. The Morgan fingerprint density at radius 1 is 1.00 bits per heavy atom. The molecule has 106 valence electrons. The second-order valence-corrected chi connectivity index (χ2v) is 5.54. The third-order valence-corrected chi connectivity index (χ3v) is 4.24. The standard InChI is InChI=1S/C16H15N3OS/c1-20-13-10-6-5-9-12(13)15-18-19-16(21-15)14(17)11-7-3-2-4-8-11/h2-10,14H,17H2,1H3. The zero-order chi connectivity index (χ0) is 14.7. The van der Waals surface area contributed by atoms with E-state index in [9.17, 15) is 0 Å². The van der Waals surface area contributed by atoms with Gasteiger partial charge in [0.2, 0.25) is 0 Å². The molecule has 4 nitrogen and oxygen atoms in total. The van der Waals surface area contributed by atoms with Crippen LogP contribution in [-0.4, -0.2) is 17.3 Å². The van der Waals surface area contributed by atoms with Gasteiger partial charge in [-0.15, -0.1) is 10.2 Å². The average Bonchev–Trinajstić information content (AvgIpc) is 3.04. The third-order valence-electron chi connectivity index (χ3n) is 3.20. The van der Waals surface area contributed by atoms with Gasteiger partial charge in [-0.2, -0.15) is 0 Å². The maximum absolute atomic E-state index is 6.25. The Labute approximate surface area is 127 Å². The van der Waals surface area contributed by atoms with Gasteiger partial charge >= 0.3 is 0 Å². The molecule has 3 aromatic rings. The number of methoxy groups -OCH3 is 1. The molecular formula is C16H15N3OS. The maximum Gasteiger partial charge on any atom is 0.151 e. The predicted molar refractivity (Wildman–Crippen MR) is 84.4 cm³/mol. The van der Waals surface area contributed by atoms with E-state index in [0.717, 1.165) is 26.9 Å². The normalized spacial score (nSPS) is 12.1. The van der Waals surface area contributed by atoms with Crippen LogP contribution in [0.5, 0.6) is 5.75 Å². The predicted octanol–water partition coefficient (Wildman–Crippen LogP) is 3.26. The Balaban J connectivity index is 1.93. The summed E-state index contributed by atoms with van der Waals surface area (Å²) in [6.07, 6.45) is 0. The second-order valence-electron chi connectivity index (χ2n) is 4.53. The fraction of sp³-hybridized carbons (Fsp3) is 0.125. The molecule has 0 radical (unpaired) electrons. The lowest BCUT2D eigenvalue weighted by Crippen LogP contribution is -2.11. The van der Waals surface area contributed by atoms with Crippen LogP contribution in [0.15, 0.2) is 54.6 Å². The van der Waals surface area contributed by atoms with E-state index >= 15 is 0 Å². The van der Waals surface area contributed by atoms with E-state index in [-0.39, 0.29) is 6.04 Å². The molecule has 0 amide bonds. The van der Waals surface area contributed by atoms with Crippen molar-refractivity contribution in [3.63, 3.8) is 0 Å². The number of hydrogen-bond donors (Lipinski definition) is 1. The van der Waals surface area contributed by atoms with Crippen molar-refractivity contribution in [1.82, 2.24) is 10.2 Å². The molecule has 1 unspecified atom stereocenters. The summed E-state index contributed by atoms with van der Waals surface area (Å²) in [5, 5.41) is 10.1. The molecule has 0 aliphatic rings. The van der Waals surface area contributed by atoms with Gasteiger partial charge in [0.25, 0.3) is 0 Å². The number of para-hydroxylation sites is 1. The number of rotatable bonds is 4. The summed E-state index contributed by atoms with van der Waals surface area (Å²) >= 11 is 1.49. The molecule has 0 fully saturated rings. The third kappa shape index (κ3) is 2.79. The summed E-state index contributed by atoms with van der Waals surface area (Å²) in [5.41, 5.74) is 8.22. The highest BCUT2D eigenvalue weighted by Crippen LogP contribution is 2.33. The van der Waals surface area contributed by atoms with E-state index in [4.69, 9.17) is 10.5 Å². The first kappa shape index (κ1) is 13.7. The number of nitrogens with zero attached hydrogens (tertiary/aromatic N) is 2. The lowest BCUT2D eigenvalue weighted by molar-refractivity contribution is 0.416. The molecule has 1 heterocycles. The fourth-order valence-electron chi connectivity index (χ4n) is 2.09. The van der Waals surface area contributed by atoms with Gasteiger partial charge in [0.15, 0.2) is 5.01 Å². The van der Waals surface area contributed by atoms with Crippen LogP contribution in [0, 0.1) is 0 Å². The Kier molecular flexibility index (Phi) is 3.94. The molecule has 0 saturated heterocycles. The second kappa shape index (κ2) is 6.03. The Morgan fingerprint density at radius 3 is 2.48 bits per heavy atom. The van der Waals surface area contributed by atoms with Gasteiger partial charge in [0, 0.05) is 0 Å². The summed E-state index contributed by atoms with van der Waals surface area (Å²) in [4.78, 5) is 0. The van der Waals surface area contributed by atoms with Crippen LogP contribution >= 0.6 is 11.3 Å². The summed E-state index contributed by atoms with van der Waals surface area (Å²) in [6, 6.07) is 17.4. The molecule has 0 bridgehead atoms. The van der Waals surface area contributed by atoms with Crippen molar-refractivity contribution in [2.45, 2.75) is 6.04 Å². The van der Waals surface area contributed by atoms with E-state index in [1.165, 1.54) is 11.3 Å². The SMILES string of the molecule is COc1ccccc1-c1nnc(C(N)c2ccccc2)s1. The van der Waals surface area contributed by atoms with Crippen LogP contribution in [0.25, 0.3) is 10.6 Å². The lowest BCUT2D eigenvalue weighted by Gasteiger charge is -2.07. The van der Waals surface area contributed by atoms with Gasteiger partial charge in [-0.3, -0.25) is 0 Å². The monoisotopic (exact) mass is 297 g/mol. The number of aromatic nitrogens is 2. The first-order chi connectivity index (χ1) is 10.3. The van der Waals surface area contributed by atoms with Crippen LogP contribution < -0.4 is 10.5 Å². The zero-order valence-electron chi connectivity index (χ0n) is 11.6. The molecule has 2 N–H and O–H groups in total. The van der Waals surface area contributed by atoms with Gasteiger partial charge in [0.05, 0.1) is 18.7 Å². The van der Waals surface area contributed by atoms with Gasteiger partial charge in [-0.05, 0) is 17.7 Å². The van der Waals surface area contributed by atoms with E-state index in [2.05, 4.69) is 10.2 Å². The van der Waals surface area contributed by atoms with Crippen LogP contribution in [-0.2, 0) is 0 Å². The van der Waals surface area contributed by atoms with Crippen LogP contribution in [0.2, 0.25) is 0 Å². The maximum atomic E-state index is 6.25. The van der Waals surface area contributed by atoms with Crippen molar-refractivity contribution in [2.75, 3.05) is 7.11 Å². The van der Waals surface area contributed by atoms with Crippen LogP contribution in [0.1, 0.15) is 16.6 Å². The minimum Gasteiger partial charge on any atom is -0.496 e. The fourth-order valence-corrected chi connectivity index (χ4v) is 3.00. The van der Waals surface area contributed by atoms with E-state index < -0.39 is 0 Å². The van der Waals surface area contributed by atoms with Crippen LogP contribution in [0.4, 0.5) is 0 Å². The molecule has 0 saturated carbocycles. The Hall–Kier alpha value is -2.24. The molecule has 2 aromatic carbocycles. The first-order valence-electron chi connectivity index (χ1n) is 6.57. The first-order valence-corrected chi connectivity index (χ1v) is 7.38.